The van der Waals surface area contributed by atoms with E-state index in [9.17, 15) is 14.9 Å². The van der Waals surface area contributed by atoms with E-state index in [2.05, 4.69) is 5.10 Å². The number of rotatable bonds is 5. The first-order valence-electron chi connectivity index (χ1n) is 9.52. The second kappa shape index (κ2) is 8.57. The molecule has 0 unspecified atom stereocenters. The molecule has 0 bridgehead atoms. The van der Waals surface area contributed by atoms with Crippen LogP contribution in [0.2, 0.25) is 0 Å². The lowest BCUT2D eigenvalue weighted by atomic mass is 9.95. The van der Waals surface area contributed by atoms with Crippen molar-refractivity contribution in [2.75, 3.05) is 13.2 Å². The minimum Gasteiger partial charge on any atom is -0.462 e. The number of aryl methyl sites for hydroxylation is 1. The summed E-state index contributed by atoms with van der Waals surface area (Å²) >= 11 is 1.36. The highest BCUT2D eigenvalue weighted by atomic mass is 32.1. The average molecular weight is 414 g/mol. The second-order valence-corrected chi connectivity index (χ2v) is 7.64. The molecule has 0 radical (unpaired) electrons. The Bertz CT molecular complexity index is 1080. The molecule has 2 heterocycles. The predicted octanol–water partition coefficient (Wildman–Crippen LogP) is 2.83. The molecule has 2 aromatic heterocycles. The zero-order valence-corrected chi connectivity index (χ0v) is 17.4. The first-order valence-corrected chi connectivity index (χ1v) is 10.3. The Morgan fingerprint density at radius 3 is 2.52 bits per heavy atom. The van der Waals surface area contributed by atoms with E-state index in [1.807, 2.05) is 6.07 Å². The predicted molar refractivity (Wildman–Crippen MR) is 105 cm³/mol. The Hall–Kier alpha value is -2.99. The molecule has 1 aliphatic carbocycles. The van der Waals surface area contributed by atoms with E-state index in [-0.39, 0.29) is 35.5 Å². The summed E-state index contributed by atoms with van der Waals surface area (Å²) in [5.74, 6) is -1.15. The lowest BCUT2D eigenvalue weighted by Gasteiger charge is -2.13. The Labute approximate surface area is 172 Å². The highest BCUT2D eigenvalue weighted by Crippen LogP contribution is 2.36. The number of fused-ring (bicyclic) bond motifs is 1. The second-order valence-electron chi connectivity index (χ2n) is 6.55. The Balaban J connectivity index is 2.31. The van der Waals surface area contributed by atoms with Crippen LogP contribution in [0.5, 0.6) is 0 Å². The van der Waals surface area contributed by atoms with E-state index in [0.717, 1.165) is 36.1 Å². The van der Waals surface area contributed by atoms with Gasteiger partial charge >= 0.3 is 11.9 Å². The van der Waals surface area contributed by atoms with Gasteiger partial charge in [0.25, 0.3) is 0 Å². The molecule has 0 saturated carbocycles. The van der Waals surface area contributed by atoms with Crippen LogP contribution < -0.4 is 5.49 Å². The summed E-state index contributed by atoms with van der Waals surface area (Å²) in [6.07, 6.45) is 3.57. The van der Waals surface area contributed by atoms with Gasteiger partial charge in [-0.25, -0.2) is 14.3 Å². The lowest BCUT2D eigenvalue weighted by molar-refractivity contribution is 0.0512. The molecule has 0 fully saturated rings. The standard InChI is InChI=1S/C20H22N4O4S/c1-4-27-19(25)15-12-8-6-7-9-14(12)29-18(15)24-17(22)13(10-21)11(3)16(23-24)20(26)28-5-2/h22H,4-9H2,1-3H3. The SMILES string of the molecule is CCOC(=O)c1nn(-c2sc3c(c2C(=O)OCC)CCCC3)c(=N)c(C#N)c1C. The minimum atomic E-state index is -0.672. The third kappa shape index (κ3) is 3.68. The summed E-state index contributed by atoms with van der Waals surface area (Å²) in [5, 5.41) is 22.8. The largest absolute Gasteiger partial charge is 0.462 e. The van der Waals surface area contributed by atoms with Crippen LogP contribution >= 0.6 is 11.3 Å². The number of nitrogens with zero attached hydrogens (tertiary/aromatic N) is 3. The van der Waals surface area contributed by atoms with Crippen molar-refractivity contribution in [1.29, 1.82) is 10.7 Å². The molecule has 2 aromatic rings. The van der Waals surface area contributed by atoms with Crippen molar-refractivity contribution in [3.63, 3.8) is 0 Å². The van der Waals surface area contributed by atoms with Crippen LogP contribution in [0, 0.1) is 23.7 Å². The van der Waals surface area contributed by atoms with Gasteiger partial charge in [0.1, 0.15) is 16.6 Å². The lowest BCUT2D eigenvalue weighted by Crippen LogP contribution is -2.29. The van der Waals surface area contributed by atoms with Crippen LogP contribution in [0.15, 0.2) is 0 Å². The van der Waals surface area contributed by atoms with Gasteiger partial charge in [-0.2, -0.15) is 10.4 Å². The van der Waals surface area contributed by atoms with Crippen LogP contribution in [0.1, 0.15) is 69.1 Å². The van der Waals surface area contributed by atoms with Gasteiger partial charge in [-0.05, 0) is 52.0 Å². The number of nitrogens with one attached hydrogen (secondary N) is 1. The van der Waals surface area contributed by atoms with Crippen molar-refractivity contribution in [3.8, 4) is 11.1 Å². The normalized spacial score (nSPS) is 12.8. The fourth-order valence-electron chi connectivity index (χ4n) is 3.42. The molecule has 8 nitrogen and oxygen atoms in total. The molecule has 0 atom stereocenters. The van der Waals surface area contributed by atoms with Crippen molar-refractivity contribution >= 4 is 23.3 Å². The first-order chi connectivity index (χ1) is 13.9. The van der Waals surface area contributed by atoms with Crippen molar-refractivity contribution in [2.45, 2.75) is 46.5 Å². The Morgan fingerprint density at radius 1 is 1.21 bits per heavy atom. The van der Waals surface area contributed by atoms with E-state index in [1.165, 1.54) is 16.0 Å². The van der Waals surface area contributed by atoms with Crippen molar-refractivity contribution in [1.82, 2.24) is 9.78 Å². The quantitative estimate of drug-likeness (QED) is 0.752. The summed E-state index contributed by atoms with van der Waals surface area (Å²) in [7, 11) is 0. The summed E-state index contributed by atoms with van der Waals surface area (Å²) in [5.41, 5.74) is 1.37. The average Bonchev–Trinajstić information content (AvgIpc) is 3.08. The zero-order chi connectivity index (χ0) is 21.1. The number of nitriles is 1. The highest BCUT2D eigenvalue weighted by Gasteiger charge is 2.29. The molecule has 29 heavy (non-hydrogen) atoms. The molecule has 0 saturated heterocycles. The van der Waals surface area contributed by atoms with Crippen molar-refractivity contribution in [2.24, 2.45) is 0 Å². The number of hydrogen-bond donors (Lipinski definition) is 1. The van der Waals surface area contributed by atoms with Crippen molar-refractivity contribution < 1.29 is 19.1 Å². The molecule has 152 valence electrons. The van der Waals surface area contributed by atoms with Gasteiger partial charge in [0, 0.05) is 10.4 Å². The highest BCUT2D eigenvalue weighted by molar-refractivity contribution is 7.15. The Morgan fingerprint density at radius 2 is 1.86 bits per heavy atom. The van der Waals surface area contributed by atoms with Crippen LogP contribution in [0.4, 0.5) is 0 Å². The van der Waals surface area contributed by atoms with Gasteiger partial charge in [0.2, 0.25) is 0 Å². The van der Waals surface area contributed by atoms with E-state index < -0.39 is 11.9 Å². The van der Waals surface area contributed by atoms with E-state index >= 15 is 0 Å². The number of carbonyl (C=O) groups excluding carboxylic acids is 2. The van der Waals surface area contributed by atoms with Gasteiger partial charge in [0.05, 0.1) is 18.8 Å². The summed E-state index contributed by atoms with van der Waals surface area (Å²) < 4.78 is 11.5. The minimum absolute atomic E-state index is 0.0178. The summed E-state index contributed by atoms with van der Waals surface area (Å²) in [6.45, 7) is 5.35. The van der Waals surface area contributed by atoms with Gasteiger partial charge < -0.3 is 9.47 Å². The maximum absolute atomic E-state index is 12.8. The van der Waals surface area contributed by atoms with Crippen LogP contribution in [-0.2, 0) is 22.3 Å². The van der Waals surface area contributed by atoms with Crippen LogP contribution in [-0.4, -0.2) is 34.9 Å². The number of thiophene rings is 1. The van der Waals surface area contributed by atoms with E-state index in [0.29, 0.717) is 10.6 Å². The zero-order valence-electron chi connectivity index (χ0n) is 16.6. The molecule has 0 amide bonds. The molecule has 0 spiro atoms. The van der Waals surface area contributed by atoms with Crippen LogP contribution in [0.25, 0.3) is 5.00 Å². The topological polar surface area (TPSA) is 118 Å². The molecule has 3 rings (SSSR count). The first kappa shape index (κ1) is 20.7. The number of esters is 2. The fraction of sp³-hybridized carbons (Fsp3) is 0.450. The number of ether oxygens (including phenoxy) is 2. The smallest absolute Gasteiger partial charge is 0.359 e. The molecule has 9 heteroatoms. The van der Waals surface area contributed by atoms with E-state index in [1.54, 1.807) is 20.8 Å². The van der Waals surface area contributed by atoms with Crippen molar-refractivity contribution in [3.05, 3.63) is 38.3 Å². The molecule has 0 aliphatic heterocycles. The monoisotopic (exact) mass is 414 g/mol. The third-order valence-corrected chi connectivity index (χ3v) is 6.05. The fourth-order valence-corrected chi connectivity index (χ4v) is 4.75. The number of carbonyl (C=O) groups is 2. The molecule has 1 N–H and O–H groups in total. The third-order valence-electron chi connectivity index (χ3n) is 4.78. The van der Waals surface area contributed by atoms with Crippen LogP contribution in [0.3, 0.4) is 0 Å². The van der Waals surface area contributed by atoms with Gasteiger partial charge in [0.15, 0.2) is 11.2 Å². The van der Waals surface area contributed by atoms with Gasteiger partial charge in [-0.1, -0.05) is 0 Å². The van der Waals surface area contributed by atoms with Gasteiger partial charge in [-0.3, -0.25) is 5.41 Å². The molecule has 1 aliphatic rings. The maximum atomic E-state index is 12.8. The molecular formula is C20H22N4O4S. The number of hydrogen-bond acceptors (Lipinski definition) is 8. The Kier molecular flexibility index (Phi) is 6.13. The van der Waals surface area contributed by atoms with E-state index in [4.69, 9.17) is 14.9 Å². The van der Waals surface area contributed by atoms with Gasteiger partial charge in [-0.15, -0.1) is 11.3 Å². The molecular weight excluding hydrogens is 392 g/mol. The summed E-state index contributed by atoms with van der Waals surface area (Å²) in [6, 6.07) is 1.98. The maximum Gasteiger partial charge on any atom is 0.359 e. The molecule has 0 aromatic carbocycles. The number of aromatic nitrogens is 2. The summed E-state index contributed by atoms with van der Waals surface area (Å²) in [4.78, 5) is 26.2.